The highest BCUT2D eigenvalue weighted by Gasteiger charge is 2.36. The smallest absolute Gasteiger partial charge is 0.264 e. The van der Waals surface area contributed by atoms with Gasteiger partial charge in [0.1, 0.15) is 18.3 Å². The fraction of sp³-hybridized carbons (Fsp3) is 0.316. The van der Waals surface area contributed by atoms with Crippen LogP contribution in [0.3, 0.4) is 0 Å². The van der Waals surface area contributed by atoms with E-state index in [1.807, 2.05) is 61.5 Å². The van der Waals surface area contributed by atoms with E-state index in [0.29, 0.717) is 12.4 Å². The van der Waals surface area contributed by atoms with E-state index in [9.17, 15) is 18.0 Å². The van der Waals surface area contributed by atoms with Gasteiger partial charge in [-0.3, -0.25) is 13.9 Å². The van der Waals surface area contributed by atoms with Gasteiger partial charge in [-0.05, 0) is 67.3 Å². The number of anilines is 1. The van der Waals surface area contributed by atoms with Crippen LogP contribution in [0, 0.1) is 0 Å². The Kier molecular flexibility index (Phi) is 12.3. The Morgan fingerprint density at radius 2 is 1.50 bits per heavy atom. The van der Waals surface area contributed by atoms with Gasteiger partial charge in [-0.25, -0.2) is 8.42 Å². The van der Waals surface area contributed by atoms with Crippen LogP contribution in [0.2, 0.25) is 0 Å². The van der Waals surface area contributed by atoms with E-state index >= 15 is 0 Å². The predicted molar refractivity (Wildman–Crippen MR) is 192 cm³/mol. The van der Waals surface area contributed by atoms with Gasteiger partial charge in [0.15, 0.2) is 0 Å². The van der Waals surface area contributed by atoms with E-state index in [0.717, 1.165) is 52.0 Å². The summed E-state index contributed by atoms with van der Waals surface area (Å²) in [6, 6.07) is 31.1. The van der Waals surface area contributed by atoms with Crippen molar-refractivity contribution in [2.45, 2.75) is 69.0 Å². The number of amides is 2. The van der Waals surface area contributed by atoms with E-state index in [4.69, 9.17) is 4.74 Å². The molecular formula is C38H42BrN3O5S. The van der Waals surface area contributed by atoms with Crippen LogP contribution in [0.25, 0.3) is 0 Å². The zero-order valence-electron chi connectivity index (χ0n) is 27.1. The number of sulfonamides is 1. The number of nitrogens with zero attached hydrogens (tertiary/aromatic N) is 2. The maximum atomic E-state index is 14.8. The first-order valence-corrected chi connectivity index (χ1v) is 18.7. The molecule has 8 nitrogen and oxygen atoms in total. The largest absolute Gasteiger partial charge is 0.492 e. The molecule has 1 aliphatic rings. The van der Waals surface area contributed by atoms with Crippen molar-refractivity contribution in [3.8, 4) is 5.75 Å². The molecular weight excluding hydrogens is 690 g/mol. The number of nitrogens with one attached hydrogen (secondary N) is 1. The Balaban J connectivity index is 1.58. The van der Waals surface area contributed by atoms with Crippen molar-refractivity contribution < 1.29 is 22.7 Å². The first-order chi connectivity index (χ1) is 23.3. The maximum Gasteiger partial charge on any atom is 0.264 e. The summed E-state index contributed by atoms with van der Waals surface area (Å²) in [4.78, 5) is 30.6. The van der Waals surface area contributed by atoms with Crippen molar-refractivity contribution in [1.82, 2.24) is 10.2 Å². The van der Waals surface area contributed by atoms with Gasteiger partial charge in [0.2, 0.25) is 11.8 Å². The van der Waals surface area contributed by atoms with Crippen molar-refractivity contribution in [2.75, 3.05) is 17.5 Å². The lowest BCUT2D eigenvalue weighted by atomic mass is 9.94. The number of carbonyl (C=O) groups excluding carboxylic acids is 2. The van der Waals surface area contributed by atoms with Crippen molar-refractivity contribution in [3.05, 3.63) is 125 Å². The fourth-order valence-electron chi connectivity index (χ4n) is 6.10. The highest BCUT2D eigenvalue weighted by molar-refractivity contribution is 9.10. The summed E-state index contributed by atoms with van der Waals surface area (Å²) in [5, 5.41) is 3.24. The molecule has 252 valence electrons. The van der Waals surface area contributed by atoms with Crippen LogP contribution in [0.4, 0.5) is 5.69 Å². The molecule has 0 heterocycles. The van der Waals surface area contributed by atoms with Gasteiger partial charge >= 0.3 is 0 Å². The molecule has 0 spiro atoms. The molecule has 1 fully saturated rings. The lowest BCUT2D eigenvalue weighted by Crippen LogP contribution is -2.55. The second kappa shape index (κ2) is 16.8. The van der Waals surface area contributed by atoms with E-state index in [-0.39, 0.29) is 35.5 Å². The molecule has 10 heteroatoms. The number of hydrogen-bond donors (Lipinski definition) is 1. The second-order valence-electron chi connectivity index (χ2n) is 11.9. The summed E-state index contributed by atoms with van der Waals surface area (Å²) in [7, 11) is -4.23. The number of halogens is 1. The van der Waals surface area contributed by atoms with Crippen LogP contribution >= 0.6 is 15.9 Å². The van der Waals surface area contributed by atoms with Crippen LogP contribution < -0.4 is 14.4 Å². The molecule has 0 aliphatic heterocycles. The van der Waals surface area contributed by atoms with E-state index in [1.54, 1.807) is 42.5 Å². The molecule has 48 heavy (non-hydrogen) atoms. The first kappa shape index (κ1) is 35.2. The third-order valence-electron chi connectivity index (χ3n) is 8.51. The molecule has 2 amide bonds. The normalized spacial score (nSPS) is 14.1. The van der Waals surface area contributed by atoms with Crippen LogP contribution in [-0.4, -0.2) is 50.4 Å². The van der Waals surface area contributed by atoms with Gasteiger partial charge in [0.25, 0.3) is 10.0 Å². The SMILES string of the molecule is CCOc1ccccc1N(CC(=O)N(Cc1cccc(Br)c1)C(Cc1ccccc1)C(=O)NC1CCCCC1)S(=O)(=O)c1ccccc1. The molecule has 0 bridgehead atoms. The Labute approximate surface area is 292 Å². The standard InChI is InChI=1S/C38H42BrN3O5S/c1-2-47-36-24-13-12-23-34(36)42(48(45,46)33-21-10-5-11-22-33)28-37(43)41(27-30-17-14-18-31(39)25-30)35(26-29-15-6-3-7-16-29)38(44)40-32-19-8-4-9-20-32/h3,5-7,10-18,21-25,32,35H,2,4,8-9,19-20,26-28H2,1H3,(H,40,44). The molecule has 1 unspecified atom stereocenters. The molecule has 0 saturated heterocycles. The summed E-state index contributed by atoms with van der Waals surface area (Å²) in [6.07, 6.45) is 5.27. The minimum Gasteiger partial charge on any atom is -0.492 e. The summed E-state index contributed by atoms with van der Waals surface area (Å²) in [5.41, 5.74) is 1.93. The molecule has 1 atom stereocenters. The Morgan fingerprint density at radius 3 is 2.19 bits per heavy atom. The number of carbonyl (C=O) groups is 2. The highest BCUT2D eigenvalue weighted by atomic mass is 79.9. The van der Waals surface area contributed by atoms with Gasteiger partial charge in [0, 0.05) is 23.5 Å². The van der Waals surface area contributed by atoms with Crippen molar-refractivity contribution >= 4 is 43.5 Å². The lowest BCUT2D eigenvalue weighted by molar-refractivity contribution is -0.140. The molecule has 1 N–H and O–H groups in total. The monoisotopic (exact) mass is 731 g/mol. The van der Waals surface area contributed by atoms with Crippen LogP contribution in [-0.2, 0) is 32.6 Å². The first-order valence-electron chi connectivity index (χ1n) is 16.4. The van der Waals surface area contributed by atoms with Crippen LogP contribution in [0.1, 0.15) is 50.2 Å². The molecule has 1 aliphatic carbocycles. The number of ether oxygens (including phenoxy) is 1. The van der Waals surface area contributed by atoms with Crippen molar-refractivity contribution in [3.63, 3.8) is 0 Å². The number of benzene rings is 4. The van der Waals surface area contributed by atoms with Crippen molar-refractivity contribution in [1.29, 1.82) is 0 Å². The average molecular weight is 733 g/mol. The molecule has 4 aromatic carbocycles. The fourth-order valence-corrected chi connectivity index (χ4v) is 8.00. The van der Waals surface area contributed by atoms with Gasteiger partial charge in [0.05, 0.1) is 17.2 Å². The zero-order valence-corrected chi connectivity index (χ0v) is 29.5. The Hall–Kier alpha value is -4.15. The minimum atomic E-state index is -4.23. The zero-order chi connectivity index (χ0) is 33.9. The third kappa shape index (κ3) is 9.05. The Bertz CT molecular complexity index is 1770. The van der Waals surface area contributed by atoms with E-state index in [1.165, 1.54) is 17.0 Å². The van der Waals surface area contributed by atoms with Gasteiger partial charge in [-0.15, -0.1) is 0 Å². The summed E-state index contributed by atoms with van der Waals surface area (Å²) in [5.74, 6) is -0.427. The lowest BCUT2D eigenvalue weighted by Gasteiger charge is -2.35. The molecule has 4 aromatic rings. The quantitative estimate of drug-likeness (QED) is 0.149. The van der Waals surface area contributed by atoms with Crippen LogP contribution in [0.5, 0.6) is 5.75 Å². The maximum absolute atomic E-state index is 14.8. The minimum absolute atomic E-state index is 0.0281. The highest BCUT2D eigenvalue weighted by Crippen LogP contribution is 2.33. The van der Waals surface area contributed by atoms with Gasteiger partial charge in [-0.1, -0.05) is 108 Å². The van der Waals surface area contributed by atoms with Crippen molar-refractivity contribution in [2.24, 2.45) is 0 Å². The Morgan fingerprint density at radius 1 is 0.854 bits per heavy atom. The second-order valence-corrected chi connectivity index (χ2v) is 14.7. The predicted octanol–water partition coefficient (Wildman–Crippen LogP) is 7.13. The van der Waals surface area contributed by atoms with E-state index < -0.39 is 28.5 Å². The van der Waals surface area contributed by atoms with Crippen LogP contribution in [0.15, 0.2) is 119 Å². The number of hydrogen-bond acceptors (Lipinski definition) is 5. The summed E-state index contributed by atoms with van der Waals surface area (Å²) in [6.45, 7) is 1.67. The molecule has 0 aromatic heterocycles. The summed E-state index contributed by atoms with van der Waals surface area (Å²) < 4.78 is 36.4. The summed E-state index contributed by atoms with van der Waals surface area (Å²) >= 11 is 3.54. The molecule has 0 radical (unpaired) electrons. The average Bonchev–Trinajstić information content (AvgIpc) is 3.10. The topological polar surface area (TPSA) is 96.0 Å². The molecule has 5 rings (SSSR count). The molecule has 1 saturated carbocycles. The third-order valence-corrected chi connectivity index (χ3v) is 10.8. The number of rotatable bonds is 14. The number of para-hydroxylation sites is 2. The van der Waals surface area contributed by atoms with E-state index in [2.05, 4.69) is 21.2 Å². The van der Waals surface area contributed by atoms with Gasteiger partial charge < -0.3 is 15.0 Å². The van der Waals surface area contributed by atoms with Gasteiger partial charge in [-0.2, -0.15) is 0 Å².